The SMILES string of the molecule is CC1=Nc2c(F)c(F)c(F)c(F)c2/C1=C\CCCCC(=O)O. The first-order valence-corrected chi connectivity index (χ1v) is 6.68. The maximum Gasteiger partial charge on any atom is 0.303 e. The van der Waals surface area contributed by atoms with Crippen LogP contribution in [0.25, 0.3) is 5.57 Å². The summed E-state index contributed by atoms with van der Waals surface area (Å²) in [6, 6.07) is 0. The molecule has 0 saturated carbocycles. The van der Waals surface area contributed by atoms with Gasteiger partial charge in [-0.15, -0.1) is 0 Å². The molecule has 22 heavy (non-hydrogen) atoms. The molecular formula is C15H13F4NO2. The Balaban J connectivity index is 2.27. The summed E-state index contributed by atoms with van der Waals surface area (Å²) in [5, 5.41) is 8.52. The number of nitrogens with zero attached hydrogens (tertiary/aromatic N) is 1. The largest absolute Gasteiger partial charge is 0.481 e. The number of fused-ring (bicyclic) bond motifs is 1. The van der Waals surface area contributed by atoms with E-state index < -0.39 is 34.9 Å². The van der Waals surface area contributed by atoms with E-state index in [1.807, 2.05) is 0 Å². The molecule has 118 valence electrons. The van der Waals surface area contributed by atoms with Crippen molar-refractivity contribution in [3.63, 3.8) is 0 Å². The fraction of sp³-hybridized carbons (Fsp3) is 0.333. The summed E-state index contributed by atoms with van der Waals surface area (Å²) in [6.07, 6.45) is 2.89. The zero-order chi connectivity index (χ0) is 16.4. The van der Waals surface area contributed by atoms with Crippen molar-refractivity contribution in [2.75, 3.05) is 0 Å². The number of benzene rings is 1. The van der Waals surface area contributed by atoms with Crippen LogP contribution in [-0.4, -0.2) is 16.8 Å². The van der Waals surface area contributed by atoms with E-state index in [9.17, 15) is 22.4 Å². The molecule has 0 atom stereocenters. The number of halogens is 4. The summed E-state index contributed by atoms with van der Waals surface area (Å²) < 4.78 is 54.1. The number of hydrogen-bond acceptors (Lipinski definition) is 2. The smallest absolute Gasteiger partial charge is 0.303 e. The highest BCUT2D eigenvalue weighted by Crippen LogP contribution is 2.41. The lowest BCUT2D eigenvalue weighted by Crippen LogP contribution is -2.01. The monoisotopic (exact) mass is 315 g/mol. The van der Waals surface area contributed by atoms with Gasteiger partial charge in [-0.2, -0.15) is 0 Å². The zero-order valence-corrected chi connectivity index (χ0v) is 11.7. The van der Waals surface area contributed by atoms with Gasteiger partial charge in [-0.3, -0.25) is 4.79 Å². The standard InChI is InChI=1S/C15H13F4NO2/c1-7-8(5-3-2-4-6-9(21)22)10-11(16)12(17)13(18)14(19)15(10)20-7/h5H,2-4,6H2,1H3,(H,21,22)/b8-5-. The molecule has 1 aliphatic rings. The second-order valence-corrected chi connectivity index (χ2v) is 4.93. The minimum absolute atomic E-state index is 0.00958. The fourth-order valence-electron chi connectivity index (χ4n) is 2.30. The third-order valence-electron chi connectivity index (χ3n) is 3.37. The molecule has 0 unspecified atom stereocenters. The van der Waals surface area contributed by atoms with Crippen LogP contribution in [0.3, 0.4) is 0 Å². The molecule has 0 radical (unpaired) electrons. The Hall–Kier alpha value is -2.18. The summed E-state index contributed by atoms with van der Waals surface area (Å²) in [7, 11) is 0. The van der Waals surface area contributed by atoms with Crippen LogP contribution in [0.2, 0.25) is 0 Å². The van der Waals surface area contributed by atoms with Crippen molar-refractivity contribution in [3.05, 3.63) is 34.9 Å². The predicted molar refractivity (Wildman–Crippen MR) is 73.1 cm³/mol. The van der Waals surface area contributed by atoms with Crippen LogP contribution in [0.1, 0.15) is 38.2 Å². The van der Waals surface area contributed by atoms with Crippen LogP contribution in [0.5, 0.6) is 0 Å². The van der Waals surface area contributed by atoms with Gasteiger partial charge >= 0.3 is 5.97 Å². The molecule has 0 aliphatic carbocycles. The molecule has 1 aromatic rings. The third-order valence-corrected chi connectivity index (χ3v) is 3.37. The fourth-order valence-corrected chi connectivity index (χ4v) is 2.30. The molecule has 0 aromatic heterocycles. The van der Waals surface area contributed by atoms with Gasteiger partial charge in [0.25, 0.3) is 0 Å². The van der Waals surface area contributed by atoms with Crippen LogP contribution in [-0.2, 0) is 4.79 Å². The number of unbranched alkanes of at least 4 members (excludes halogenated alkanes) is 2. The second-order valence-electron chi connectivity index (χ2n) is 4.93. The third kappa shape index (κ3) is 2.88. The van der Waals surface area contributed by atoms with E-state index in [0.29, 0.717) is 19.3 Å². The van der Waals surface area contributed by atoms with Gasteiger partial charge in [-0.05, 0) is 26.2 Å². The van der Waals surface area contributed by atoms with Crippen molar-refractivity contribution in [2.45, 2.75) is 32.6 Å². The Morgan fingerprint density at radius 1 is 1.09 bits per heavy atom. The summed E-state index contributed by atoms with van der Waals surface area (Å²) in [6.45, 7) is 1.48. The Morgan fingerprint density at radius 3 is 2.36 bits per heavy atom. The molecule has 0 bridgehead atoms. The number of carbonyl (C=O) groups is 1. The maximum atomic E-state index is 13.9. The Labute approximate surface area is 124 Å². The van der Waals surface area contributed by atoms with E-state index in [4.69, 9.17) is 5.11 Å². The Morgan fingerprint density at radius 2 is 1.73 bits per heavy atom. The highest BCUT2D eigenvalue weighted by atomic mass is 19.2. The average Bonchev–Trinajstić information content (AvgIpc) is 2.79. The van der Waals surface area contributed by atoms with Crippen molar-refractivity contribution in [3.8, 4) is 0 Å². The number of carboxylic acids is 1. The molecule has 2 rings (SSSR count). The van der Waals surface area contributed by atoms with Gasteiger partial charge in [0.15, 0.2) is 23.3 Å². The lowest BCUT2D eigenvalue weighted by Gasteiger charge is -2.06. The first-order chi connectivity index (χ1) is 10.3. The molecule has 1 heterocycles. The van der Waals surface area contributed by atoms with Crippen molar-refractivity contribution < 1.29 is 27.5 Å². The van der Waals surface area contributed by atoms with E-state index >= 15 is 0 Å². The van der Waals surface area contributed by atoms with E-state index in [0.717, 1.165) is 0 Å². The van der Waals surface area contributed by atoms with Crippen LogP contribution in [0.15, 0.2) is 11.1 Å². The zero-order valence-electron chi connectivity index (χ0n) is 11.7. The molecule has 1 N–H and O–H groups in total. The van der Waals surface area contributed by atoms with Gasteiger partial charge in [0.1, 0.15) is 5.69 Å². The summed E-state index contributed by atoms with van der Waals surface area (Å²) >= 11 is 0. The van der Waals surface area contributed by atoms with Crippen LogP contribution in [0.4, 0.5) is 23.2 Å². The Kier molecular flexibility index (Phi) is 4.63. The first-order valence-electron chi connectivity index (χ1n) is 6.68. The molecule has 0 spiro atoms. The minimum Gasteiger partial charge on any atom is -0.481 e. The molecule has 0 amide bonds. The highest BCUT2D eigenvalue weighted by molar-refractivity contribution is 6.28. The number of hydrogen-bond donors (Lipinski definition) is 1. The number of rotatable bonds is 5. The summed E-state index contributed by atoms with van der Waals surface area (Å²) in [5.41, 5.74) is -0.450. The van der Waals surface area contributed by atoms with Crippen molar-refractivity contribution in [1.29, 1.82) is 0 Å². The van der Waals surface area contributed by atoms with Gasteiger partial charge in [-0.25, -0.2) is 22.6 Å². The van der Waals surface area contributed by atoms with Crippen LogP contribution in [0, 0.1) is 23.3 Å². The number of carboxylic acid groups (broad SMARTS) is 1. The second kappa shape index (κ2) is 6.29. The lowest BCUT2D eigenvalue weighted by molar-refractivity contribution is -0.137. The van der Waals surface area contributed by atoms with E-state index in [-0.39, 0.29) is 23.3 Å². The Bertz CT molecular complexity index is 696. The molecule has 1 aliphatic heterocycles. The number of aliphatic imine (C=N–C) groups is 1. The molecule has 0 saturated heterocycles. The normalized spacial score (nSPS) is 15.1. The first kappa shape index (κ1) is 16.2. The number of allylic oxidation sites excluding steroid dienone is 2. The van der Waals surface area contributed by atoms with Gasteiger partial charge < -0.3 is 5.11 Å². The van der Waals surface area contributed by atoms with Crippen molar-refractivity contribution >= 4 is 22.9 Å². The maximum absolute atomic E-state index is 13.9. The van der Waals surface area contributed by atoms with Gasteiger partial charge in [0, 0.05) is 17.7 Å². The summed E-state index contributed by atoms with van der Waals surface area (Å²) in [4.78, 5) is 14.1. The number of aliphatic carboxylic acids is 1. The molecule has 0 fully saturated rings. The molecule has 3 nitrogen and oxygen atoms in total. The average molecular weight is 315 g/mol. The van der Waals surface area contributed by atoms with Crippen molar-refractivity contribution in [2.24, 2.45) is 4.99 Å². The van der Waals surface area contributed by atoms with Crippen LogP contribution < -0.4 is 0 Å². The highest BCUT2D eigenvalue weighted by Gasteiger charge is 2.31. The van der Waals surface area contributed by atoms with E-state index in [1.54, 1.807) is 0 Å². The van der Waals surface area contributed by atoms with E-state index in [1.165, 1.54) is 13.0 Å². The predicted octanol–water partition coefficient (Wildman–Crippen LogP) is 4.38. The van der Waals surface area contributed by atoms with Crippen LogP contribution >= 0.6 is 0 Å². The van der Waals surface area contributed by atoms with Gasteiger partial charge in [0.2, 0.25) is 0 Å². The molecular weight excluding hydrogens is 302 g/mol. The topological polar surface area (TPSA) is 49.7 Å². The quantitative estimate of drug-likeness (QED) is 0.379. The molecule has 7 heteroatoms. The molecule has 1 aromatic carbocycles. The van der Waals surface area contributed by atoms with Gasteiger partial charge in [0.05, 0.1) is 5.56 Å². The van der Waals surface area contributed by atoms with Gasteiger partial charge in [-0.1, -0.05) is 6.08 Å². The van der Waals surface area contributed by atoms with Crippen molar-refractivity contribution in [1.82, 2.24) is 0 Å². The minimum atomic E-state index is -1.88. The van der Waals surface area contributed by atoms with E-state index in [2.05, 4.69) is 4.99 Å². The lowest BCUT2D eigenvalue weighted by atomic mass is 10.00. The summed E-state index contributed by atoms with van der Waals surface area (Å²) in [5.74, 6) is -7.63.